The highest BCUT2D eigenvalue weighted by Crippen LogP contribution is 2.45. The summed E-state index contributed by atoms with van der Waals surface area (Å²) in [6, 6.07) is 12.3. The van der Waals surface area contributed by atoms with Crippen LogP contribution in [0.2, 0.25) is 0 Å². The number of pyridine rings is 1. The second-order valence-electron chi connectivity index (χ2n) is 7.88. The van der Waals surface area contributed by atoms with Gasteiger partial charge in [0.2, 0.25) is 5.91 Å². The number of carbonyl (C=O) groups is 1. The molecule has 2 saturated heterocycles. The van der Waals surface area contributed by atoms with Gasteiger partial charge in [0.25, 0.3) is 0 Å². The second kappa shape index (κ2) is 8.93. The first-order valence-electron chi connectivity index (χ1n) is 10.3. The predicted octanol–water partition coefficient (Wildman–Crippen LogP) is 2.76. The van der Waals surface area contributed by atoms with Crippen LogP contribution in [0.5, 0.6) is 5.75 Å². The summed E-state index contributed by atoms with van der Waals surface area (Å²) < 4.78 is 10.7. The number of nitrogens with zero attached hydrogens (tertiary/aromatic N) is 3. The molecule has 1 aromatic carbocycles. The second-order valence-corrected chi connectivity index (χ2v) is 7.88. The van der Waals surface area contributed by atoms with Crippen molar-refractivity contribution in [2.45, 2.75) is 19.5 Å². The number of carbonyl (C=O) groups excluding carboxylic acids is 1. The summed E-state index contributed by atoms with van der Waals surface area (Å²) in [4.78, 5) is 21.6. The summed E-state index contributed by atoms with van der Waals surface area (Å²) in [6.45, 7) is 6.31. The number of hydrogen-bond acceptors (Lipinski definition) is 5. The van der Waals surface area contributed by atoms with Crippen molar-refractivity contribution >= 4 is 5.91 Å². The molecule has 0 saturated carbocycles. The molecular formula is C23H29N3O3. The summed E-state index contributed by atoms with van der Waals surface area (Å²) in [5.41, 5.74) is 2.41. The average Bonchev–Trinajstić information content (AvgIpc) is 3.30. The summed E-state index contributed by atoms with van der Waals surface area (Å²) >= 11 is 0. The molecule has 0 N–H and O–H groups in total. The third kappa shape index (κ3) is 4.28. The van der Waals surface area contributed by atoms with Crippen LogP contribution >= 0.6 is 0 Å². The van der Waals surface area contributed by atoms with Gasteiger partial charge in [-0.25, -0.2) is 0 Å². The van der Waals surface area contributed by atoms with Crippen molar-refractivity contribution in [2.75, 3.05) is 40.0 Å². The molecule has 154 valence electrons. The molecule has 0 radical (unpaired) electrons. The van der Waals surface area contributed by atoms with Crippen LogP contribution < -0.4 is 4.74 Å². The van der Waals surface area contributed by atoms with Gasteiger partial charge in [0.15, 0.2) is 0 Å². The Kier molecular flexibility index (Phi) is 6.11. The van der Waals surface area contributed by atoms with Crippen molar-refractivity contribution < 1.29 is 14.3 Å². The van der Waals surface area contributed by atoms with Crippen molar-refractivity contribution in [3.63, 3.8) is 0 Å². The van der Waals surface area contributed by atoms with Crippen LogP contribution in [0.3, 0.4) is 0 Å². The standard InChI is InChI=1S/C23H29N3O3/c1-3-29-16-22(27)26-14-19-13-25(12-17-5-4-10-24-11-17)15-21(19)23(26)18-6-8-20(28-2)9-7-18/h4-11,19,21,23H,3,12-16H2,1-2H3/t19-,21-,23-/m0/s1. The summed E-state index contributed by atoms with van der Waals surface area (Å²) in [7, 11) is 1.67. The lowest BCUT2D eigenvalue weighted by Crippen LogP contribution is -2.37. The van der Waals surface area contributed by atoms with E-state index in [0.717, 1.165) is 31.9 Å². The van der Waals surface area contributed by atoms with E-state index >= 15 is 0 Å². The molecule has 0 aliphatic carbocycles. The fourth-order valence-electron chi connectivity index (χ4n) is 4.77. The molecule has 29 heavy (non-hydrogen) atoms. The Bertz CT molecular complexity index is 812. The first-order chi connectivity index (χ1) is 14.2. The minimum Gasteiger partial charge on any atom is -0.497 e. The van der Waals surface area contributed by atoms with Crippen LogP contribution in [0.25, 0.3) is 0 Å². The number of rotatable bonds is 7. The van der Waals surface area contributed by atoms with E-state index in [0.29, 0.717) is 18.4 Å². The van der Waals surface area contributed by atoms with E-state index in [9.17, 15) is 4.79 Å². The molecule has 2 aliphatic heterocycles. The molecule has 1 aromatic heterocycles. The van der Waals surface area contributed by atoms with Crippen LogP contribution in [0.1, 0.15) is 24.1 Å². The van der Waals surface area contributed by atoms with Crippen molar-refractivity contribution in [3.05, 3.63) is 59.9 Å². The van der Waals surface area contributed by atoms with E-state index in [2.05, 4.69) is 28.1 Å². The minimum absolute atomic E-state index is 0.0813. The molecule has 3 atom stereocenters. The van der Waals surface area contributed by atoms with Crippen LogP contribution in [-0.2, 0) is 16.1 Å². The average molecular weight is 396 g/mol. The van der Waals surface area contributed by atoms with Gasteiger partial charge in [0.1, 0.15) is 12.4 Å². The molecule has 0 unspecified atom stereocenters. The third-order valence-corrected chi connectivity index (χ3v) is 6.08. The fourth-order valence-corrected chi connectivity index (χ4v) is 4.77. The van der Waals surface area contributed by atoms with Crippen molar-refractivity contribution in [2.24, 2.45) is 11.8 Å². The predicted molar refractivity (Wildman–Crippen MR) is 110 cm³/mol. The highest BCUT2D eigenvalue weighted by Gasteiger charge is 2.48. The van der Waals surface area contributed by atoms with Gasteiger partial charge in [-0.1, -0.05) is 18.2 Å². The number of benzene rings is 1. The molecule has 2 fully saturated rings. The molecule has 0 bridgehead atoms. The SMILES string of the molecule is CCOCC(=O)N1C[C@@H]2CN(Cc3cccnc3)C[C@@H]2[C@@H]1c1ccc(OC)cc1. The maximum absolute atomic E-state index is 12.9. The minimum atomic E-state index is 0.0813. The van der Waals surface area contributed by atoms with Gasteiger partial charge in [-0.2, -0.15) is 0 Å². The monoisotopic (exact) mass is 395 g/mol. The number of likely N-dealkylation sites (tertiary alicyclic amines) is 2. The van der Waals surface area contributed by atoms with Gasteiger partial charge in [-0.15, -0.1) is 0 Å². The van der Waals surface area contributed by atoms with Crippen LogP contribution in [-0.4, -0.2) is 60.6 Å². The van der Waals surface area contributed by atoms with Gasteiger partial charge in [0, 0.05) is 51.1 Å². The summed E-state index contributed by atoms with van der Waals surface area (Å²) in [6.07, 6.45) is 3.75. The molecule has 1 amide bonds. The molecule has 4 rings (SSSR count). The third-order valence-electron chi connectivity index (χ3n) is 6.08. The smallest absolute Gasteiger partial charge is 0.249 e. The molecular weight excluding hydrogens is 366 g/mol. The highest BCUT2D eigenvalue weighted by molar-refractivity contribution is 5.78. The first kappa shape index (κ1) is 19.9. The van der Waals surface area contributed by atoms with Gasteiger partial charge in [-0.3, -0.25) is 14.7 Å². The number of aromatic nitrogens is 1. The lowest BCUT2D eigenvalue weighted by atomic mass is 9.89. The zero-order chi connectivity index (χ0) is 20.2. The number of ether oxygens (including phenoxy) is 2. The largest absolute Gasteiger partial charge is 0.497 e. The van der Waals surface area contributed by atoms with Gasteiger partial charge >= 0.3 is 0 Å². The fraction of sp³-hybridized carbons (Fsp3) is 0.478. The molecule has 6 nitrogen and oxygen atoms in total. The highest BCUT2D eigenvalue weighted by atomic mass is 16.5. The topological polar surface area (TPSA) is 54.9 Å². The van der Waals surface area contributed by atoms with Crippen molar-refractivity contribution in [1.82, 2.24) is 14.8 Å². The maximum atomic E-state index is 12.9. The van der Waals surface area contributed by atoms with Crippen LogP contribution in [0.15, 0.2) is 48.8 Å². The number of fused-ring (bicyclic) bond motifs is 1. The Morgan fingerprint density at radius 3 is 2.69 bits per heavy atom. The van der Waals surface area contributed by atoms with E-state index in [-0.39, 0.29) is 18.6 Å². The Balaban J connectivity index is 1.53. The number of amides is 1. The van der Waals surface area contributed by atoms with Crippen molar-refractivity contribution in [1.29, 1.82) is 0 Å². The van der Waals surface area contributed by atoms with Gasteiger partial charge < -0.3 is 14.4 Å². The Morgan fingerprint density at radius 2 is 2.00 bits per heavy atom. The zero-order valence-corrected chi connectivity index (χ0v) is 17.2. The van der Waals surface area contributed by atoms with E-state index in [1.165, 1.54) is 11.1 Å². The number of methoxy groups -OCH3 is 1. The lowest BCUT2D eigenvalue weighted by molar-refractivity contribution is -0.137. The molecule has 3 heterocycles. The molecule has 2 aliphatic rings. The van der Waals surface area contributed by atoms with Crippen LogP contribution in [0, 0.1) is 11.8 Å². The van der Waals surface area contributed by atoms with E-state index < -0.39 is 0 Å². The quantitative estimate of drug-likeness (QED) is 0.722. The summed E-state index contributed by atoms with van der Waals surface area (Å²) in [5, 5.41) is 0. The van der Waals surface area contributed by atoms with Gasteiger partial charge in [0.05, 0.1) is 13.2 Å². The van der Waals surface area contributed by atoms with E-state index in [4.69, 9.17) is 9.47 Å². The molecule has 0 spiro atoms. The summed E-state index contributed by atoms with van der Waals surface area (Å²) in [5.74, 6) is 1.82. The maximum Gasteiger partial charge on any atom is 0.249 e. The van der Waals surface area contributed by atoms with E-state index in [1.54, 1.807) is 7.11 Å². The molecule has 6 heteroatoms. The van der Waals surface area contributed by atoms with Crippen molar-refractivity contribution in [3.8, 4) is 5.75 Å². The Labute approximate surface area is 172 Å². The molecule has 2 aromatic rings. The number of hydrogen-bond donors (Lipinski definition) is 0. The zero-order valence-electron chi connectivity index (χ0n) is 17.2. The Hall–Kier alpha value is -2.44. The van der Waals surface area contributed by atoms with Crippen LogP contribution in [0.4, 0.5) is 0 Å². The first-order valence-corrected chi connectivity index (χ1v) is 10.3. The lowest BCUT2D eigenvalue weighted by Gasteiger charge is -2.30. The normalized spacial score (nSPS) is 23.9. The Morgan fingerprint density at radius 1 is 1.17 bits per heavy atom. The van der Waals surface area contributed by atoms with Gasteiger partial charge in [-0.05, 0) is 42.2 Å². The van der Waals surface area contributed by atoms with E-state index in [1.807, 2.05) is 42.4 Å².